The van der Waals surface area contributed by atoms with E-state index < -0.39 is 18.0 Å². The zero-order chi connectivity index (χ0) is 19.2. The molecule has 0 saturated heterocycles. The highest BCUT2D eigenvalue weighted by molar-refractivity contribution is 5.88. The average Bonchev–Trinajstić information content (AvgIpc) is 2.62. The molecule has 0 bridgehead atoms. The molecule has 8 heteroatoms. The second kappa shape index (κ2) is 13.1. The Balaban J connectivity index is 0.000000362. The molecule has 1 unspecified atom stereocenters. The number of aldehydes is 1. The fourth-order valence-electron chi connectivity index (χ4n) is 1.94. The van der Waals surface area contributed by atoms with E-state index in [4.69, 9.17) is 27.4 Å². The van der Waals surface area contributed by atoms with Crippen LogP contribution in [-0.2, 0) is 4.79 Å². The smallest absolute Gasteiger partial charge is 0.335 e. The minimum absolute atomic E-state index is 0.00463. The molecule has 8 N–H and O–H groups in total. The zero-order valence-electron chi connectivity index (χ0n) is 14.1. The van der Waals surface area contributed by atoms with Gasteiger partial charge in [-0.3, -0.25) is 9.59 Å². The van der Waals surface area contributed by atoms with Gasteiger partial charge in [-0.2, -0.15) is 0 Å². The largest absolute Gasteiger partial charge is 0.480 e. The number of carbonyl (C=O) groups excluding carboxylic acids is 1. The van der Waals surface area contributed by atoms with Gasteiger partial charge in [0.15, 0.2) is 0 Å². The van der Waals surface area contributed by atoms with Gasteiger partial charge in [-0.05, 0) is 25.0 Å². The van der Waals surface area contributed by atoms with Crippen molar-refractivity contribution in [1.29, 1.82) is 0 Å². The number of aromatic carboxylic acids is 1. The van der Waals surface area contributed by atoms with Crippen LogP contribution in [0.2, 0.25) is 0 Å². The van der Waals surface area contributed by atoms with E-state index in [0.717, 1.165) is 0 Å². The van der Waals surface area contributed by atoms with Gasteiger partial charge in [0, 0.05) is 18.2 Å². The normalized spacial score (nSPS) is 14.8. The van der Waals surface area contributed by atoms with Crippen molar-refractivity contribution in [2.75, 3.05) is 6.54 Å². The Kier molecular flexibility index (Phi) is 11.9. The zero-order valence-corrected chi connectivity index (χ0v) is 14.1. The number of carboxylic acids is 2. The second-order valence-corrected chi connectivity index (χ2v) is 5.62. The summed E-state index contributed by atoms with van der Waals surface area (Å²) in [5.41, 5.74) is 16.1. The molecule has 1 aliphatic carbocycles. The lowest BCUT2D eigenvalue weighted by Crippen LogP contribution is -2.37. The summed E-state index contributed by atoms with van der Waals surface area (Å²) in [6.45, 7) is -0.00463. The predicted octanol–water partition coefficient (Wildman–Crippen LogP) is 0.832. The molecule has 0 aromatic heterocycles. The van der Waals surface area contributed by atoms with Gasteiger partial charge in [-0.15, -0.1) is 0 Å². The molecular formula is C17H27N3O5. The van der Waals surface area contributed by atoms with Gasteiger partial charge >= 0.3 is 11.9 Å². The van der Waals surface area contributed by atoms with E-state index in [0.29, 0.717) is 17.9 Å². The topological polar surface area (TPSA) is 170 Å². The van der Waals surface area contributed by atoms with Crippen LogP contribution in [-0.4, -0.2) is 47.1 Å². The fourth-order valence-corrected chi connectivity index (χ4v) is 1.94. The molecule has 140 valence electrons. The van der Waals surface area contributed by atoms with E-state index in [-0.39, 0.29) is 12.1 Å². The number of hydrogen-bond donors (Lipinski definition) is 5. The summed E-state index contributed by atoms with van der Waals surface area (Å²) in [4.78, 5) is 30.2. The minimum atomic E-state index is -1.05. The molecule has 1 fully saturated rings. The van der Waals surface area contributed by atoms with E-state index in [9.17, 15) is 14.4 Å². The summed E-state index contributed by atoms with van der Waals surface area (Å²) in [6.07, 6.45) is 7.33. The quantitative estimate of drug-likeness (QED) is 0.495. The van der Waals surface area contributed by atoms with Gasteiger partial charge in [0.2, 0.25) is 0 Å². The van der Waals surface area contributed by atoms with Gasteiger partial charge in [0.1, 0.15) is 12.3 Å². The van der Waals surface area contributed by atoms with Crippen molar-refractivity contribution in [3.8, 4) is 0 Å². The van der Waals surface area contributed by atoms with Crippen LogP contribution in [0.3, 0.4) is 0 Å². The standard InChI is InChI=1S/C8H6O3.C6H13N.C3H8N2O2/c9-5-6-1-3-7(4-2-6)8(10)11;7-6-4-2-1-3-5-6;4-1-2(5)3(6)7/h1-5H,(H,10,11);6H,1-5,7H2;2H,1,4-5H2,(H,6,7). The molecule has 1 aliphatic rings. The van der Waals surface area contributed by atoms with E-state index in [2.05, 4.69) is 0 Å². The average molecular weight is 353 g/mol. The fraction of sp³-hybridized carbons (Fsp3) is 0.471. The van der Waals surface area contributed by atoms with Crippen LogP contribution in [0.15, 0.2) is 24.3 Å². The Bertz CT molecular complexity index is 528. The van der Waals surface area contributed by atoms with Gasteiger partial charge in [-0.25, -0.2) is 4.79 Å². The maximum atomic E-state index is 10.3. The van der Waals surface area contributed by atoms with Crippen molar-refractivity contribution in [2.45, 2.75) is 44.2 Å². The molecule has 1 aromatic carbocycles. The van der Waals surface area contributed by atoms with Gasteiger partial charge in [0.05, 0.1) is 5.56 Å². The number of benzene rings is 1. The summed E-state index contributed by atoms with van der Waals surface area (Å²) in [5, 5.41) is 16.4. The molecule has 8 nitrogen and oxygen atoms in total. The predicted molar refractivity (Wildman–Crippen MR) is 94.5 cm³/mol. The third kappa shape index (κ3) is 11.0. The highest BCUT2D eigenvalue weighted by atomic mass is 16.4. The maximum Gasteiger partial charge on any atom is 0.335 e. The van der Waals surface area contributed by atoms with E-state index >= 15 is 0 Å². The van der Waals surface area contributed by atoms with Crippen molar-refractivity contribution < 1.29 is 24.6 Å². The van der Waals surface area contributed by atoms with Crippen LogP contribution in [0, 0.1) is 0 Å². The molecule has 1 atom stereocenters. The van der Waals surface area contributed by atoms with Crippen molar-refractivity contribution in [3.63, 3.8) is 0 Å². The Morgan fingerprint density at radius 1 is 1.12 bits per heavy atom. The number of carbonyl (C=O) groups is 3. The van der Waals surface area contributed by atoms with Crippen LogP contribution in [0.5, 0.6) is 0 Å². The molecule has 1 saturated carbocycles. The van der Waals surface area contributed by atoms with Crippen LogP contribution < -0.4 is 17.2 Å². The lowest BCUT2D eigenvalue weighted by atomic mass is 9.97. The molecule has 0 radical (unpaired) electrons. The highest BCUT2D eigenvalue weighted by Gasteiger charge is 2.06. The summed E-state index contributed by atoms with van der Waals surface area (Å²) < 4.78 is 0. The van der Waals surface area contributed by atoms with Crippen molar-refractivity contribution in [3.05, 3.63) is 35.4 Å². The third-order valence-corrected chi connectivity index (χ3v) is 3.51. The lowest BCUT2D eigenvalue weighted by molar-refractivity contribution is -0.138. The number of aliphatic carboxylic acids is 1. The number of rotatable bonds is 4. The Hall–Kier alpha value is -2.29. The van der Waals surface area contributed by atoms with E-state index in [1.807, 2.05) is 0 Å². The van der Waals surface area contributed by atoms with Gasteiger partial charge in [-0.1, -0.05) is 31.4 Å². The first-order valence-electron chi connectivity index (χ1n) is 8.04. The van der Waals surface area contributed by atoms with Crippen LogP contribution >= 0.6 is 0 Å². The van der Waals surface area contributed by atoms with E-state index in [1.54, 1.807) is 0 Å². The molecule has 0 amide bonds. The molecule has 0 spiro atoms. The molecule has 25 heavy (non-hydrogen) atoms. The molecular weight excluding hydrogens is 326 g/mol. The first-order chi connectivity index (χ1) is 11.8. The third-order valence-electron chi connectivity index (χ3n) is 3.51. The maximum absolute atomic E-state index is 10.3. The Labute approximate surface area is 147 Å². The molecule has 2 rings (SSSR count). The molecule has 0 aliphatic heterocycles. The van der Waals surface area contributed by atoms with Crippen molar-refractivity contribution in [2.24, 2.45) is 17.2 Å². The second-order valence-electron chi connectivity index (χ2n) is 5.62. The summed E-state index contributed by atoms with van der Waals surface area (Å²) in [7, 11) is 0. The molecule has 1 aromatic rings. The van der Waals surface area contributed by atoms with Gasteiger partial charge in [0.25, 0.3) is 0 Å². The lowest BCUT2D eigenvalue weighted by Gasteiger charge is -2.15. The summed E-state index contributed by atoms with van der Waals surface area (Å²) in [6, 6.07) is 5.36. The first kappa shape index (κ1) is 22.7. The van der Waals surface area contributed by atoms with Crippen LogP contribution in [0.1, 0.15) is 52.8 Å². The SMILES string of the molecule is NC1CCCCC1.NCC(N)C(=O)O.O=Cc1ccc(C(=O)O)cc1. The number of nitrogens with two attached hydrogens (primary N) is 3. The molecule has 0 heterocycles. The Morgan fingerprint density at radius 2 is 1.64 bits per heavy atom. The van der Waals surface area contributed by atoms with Crippen LogP contribution in [0.25, 0.3) is 0 Å². The van der Waals surface area contributed by atoms with Crippen LogP contribution in [0.4, 0.5) is 0 Å². The first-order valence-corrected chi connectivity index (χ1v) is 8.04. The van der Waals surface area contributed by atoms with Crippen molar-refractivity contribution >= 4 is 18.2 Å². The summed E-state index contributed by atoms with van der Waals surface area (Å²) in [5.74, 6) is -2.04. The monoisotopic (exact) mass is 353 g/mol. The van der Waals surface area contributed by atoms with E-state index in [1.165, 1.54) is 56.4 Å². The Morgan fingerprint density at radius 3 is 1.88 bits per heavy atom. The summed E-state index contributed by atoms with van der Waals surface area (Å²) >= 11 is 0. The van der Waals surface area contributed by atoms with Gasteiger partial charge < -0.3 is 27.4 Å². The number of hydrogen-bond acceptors (Lipinski definition) is 6. The highest BCUT2D eigenvalue weighted by Crippen LogP contribution is 2.14. The number of carboxylic acid groups (broad SMARTS) is 2. The minimum Gasteiger partial charge on any atom is -0.480 e. The van der Waals surface area contributed by atoms with Crippen molar-refractivity contribution in [1.82, 2.24) is 0 Å².